The second-order valence-electron chi connectivity index (χ2n) is 12.4. The molecular weight excluding hydrogens is 482 g/mol. The minimum absolute atomic E-state index is 0.0585. The molecule has 0 heterocycles. The van der Waals surface area contributed by atoms with E-state index in [1.54, 1.807) is 0 Å². The largest absolute Gasteiger partial charge is 0.376 e. The summed E-state index contributed by atoms with van der Waals surface area (Å²) in [5.41, 5.74) is 0. The van der Waals surface area contributed by atoms with Crippen LogP contribution in [0.3, 0.4) is 0 Å². The zero-order valence-corrected chi connectivity index (χ0v) is 27.6. The van der Waals surface area contributed by atoms with E-state index in [2.05, 4.69) is 25.7 Å². The van der Waals surface area contributed by atoms with Gasteiger partial charge in [0.05, 0.1) is 12.6 Å². The van der Waals surface area contributed by atoms with Gasteiger partial charge >= 0.3 is 0 Å². The van der Waals surface area contributed by atoms with Crippen LogP contribution in [-0.4, -0.2) is 55.8 Å². The summed E-state index contributed by atoms with van der Waals surface area (Å²) in [6, 6.07) is -0.0585. The van der Waals surface area contributed by atoms with Crippen molar-refractivity contribution in [2.75, 3.05) is 33.9 Å². The Balaban J connectivity index is 3.92. The first-order valence-corrected chi connectivity index (χ1v) is 17.6. The van der Waals surface area contributed by atoms with Crippen LogP contribution in [0.4, 0.5) is 0 Å². The van der Waals surface area contributed by atoms with E-state index in [1.807, 2.05) is 14.1 Å². The fourth-order valence-corrected chi connectivity index (χ4v) is 5.78. The highest BCUT2D eigenvalue weighted by atomic mass is 16.6. The summed E-state index contributed by atoms with van der Waals surface area (Å²) in [5, 5.41) is 11.4. The molecule has 0 saturated carbocycles. The Morgan fingerprint density at radius 1 is 0.513 bits per heavy atom. The van der Waals surface area contributed by atoms with E-state index in [4.69, 9.17) is 9.47 Å². The van der Waals surface area contributed by atoms with Gasteiger partial charge in [-0.1, -0.05) is 162 Å². The minimum atomic E-state index is -1.23. The zero-order valence-electron chi connectivity index (χ0n) is 27.6. The first-order valence-electron chi connectivity index (χ1n) is 17.6. The summed E-state index contributed by atoms with van der Waals surface area (Å²) in [6.45, 7) is 8.27. The Bertz CT molecular complexity index is 473. The van der Waals surface area contributed by atoms with Crippen LogP contribution >= 0.6 is 0 Å². The van der Waals surface area contributed by atoms with Gasteiger partial charge in [-0.15, -0.1) is 0 Å². The predicted octanol–water partition coefficient (Wildman–Crippen LogP) is 10.5. The molecule has 0 spiro atoms. The van der Waals surface area contributed by atoms with Crippen LogP contribution in [-0.2, 0) is 9.47 Å². The van der Waals surface area contributed by atoms with Gasteiger partial charge in [0.2, 0.25) is 5.79 Å². The second-order valence-corrected chi connectivity index (χ2v) is 12.4. The molecule has 0 rings (SSSR count). The number of unbranched alkanes of at least 4 members (excludes halogenated alkanes) is 22. The summed E-state index contributed by atoms with van der Waals surface area (Å²) in [7, 11) is 4.05. The number of aliphatic hydroxyl groups is 1. The maximum Gasteiger partial charge on any atom is 0.205 e. The van der Waals surface area contributed by atoms with Crippen molar-refractivity contribution in [3.8, 4) is 0 Å². The highest BCUT2D eigenvalue weighted by molar-refractivity contribution is 4.83. The Hall–Kier alpha value is -0.160. The number of hydrogen-bond acceptors (Lipinski definition) is 4. The van der Waals surface area contributed by atoms with Crippen molar-refractivity contribution in [2.24, 2.45) is 0 Å². The van der Waals surface area contributed by atoms with Gasteiger partial charge in [-0.3, -0.25) is 0 Å². The highest BCUT2D eigenvalue weighted by Crippen LogP contribution is 2.22. The molecule has 0 aromatic carbocycles. The monoisotopic (exact) mass is 556 g/mol. The maximum absolute atomic E-state index is 11.4. The van der Waals surface area contributed by atoms with Crippen LogP contribution in [0.25, 0.3) is 0 Å². The van der Waals surface area contributed by atoms with E-state index in [-0.39, 0.29) is 12.6 Å². The lowest BCUT2D eigenvalue weighted by atomic mass is 10.0. The normalized spacial score (nSPS) is 14.2. The van der Waals surface area contributed by atoms with Gasteiger partial charge in [0.15, 0.2) is 0 Å². The number of hydrogen-bond donors (Lipinski definition) is 1. The molecular formula is C35H73NO3. The predicted molar refractivity (Wildman–Crippen MR) is 172 cm³/mol. The van der Waals surface area contributed by atoms with E-state index in [9.17, 15) is 5.11 Å². The Morgan fingerprint density at radius 2 is 0.846 bits per heavy atom. The smallest absolute Gasteiger partial charge is 0.205 e. The topological polar surface area (TPSA) is 41.9 Å². The van der Waals surface area contributed by atoms with Gasteiger partial charge < -0.3 is 19.5 Å². The van der Waals surface area contributed by atoms with E-state index in [0.29, 0.717) is 13.2 Å². The van der Waals surface area contributed by atoms with Crippen molar-refractivity contribution in [3.63, 3.8) is 0 Å². The van der Waals surface area contributed by atoms with Crippen LogP contribution in [0.15, 0.2) is 0 Å². The first-order chi connectivity index (χ1) is 19.0. The van der Waals surface area contributed by atoms with Gasteiger partial charge in [0, 0.05) is 6.61 Å². The van der Waals surface area contributed by atoms with Crippen molar-refractivity contribution in [3.05, 3.63) is 0 Å². The summed E-state index contributed by atoms with van der Waals surface area (Å²) in [4.78, 5) is 2.08. The quantitative estimate of drug-likeness (QED) is 0.0662. The average Bonchev–Trinajstić information content (AvgIpc) is 2.91. The molecule has 0 aromatic rings. The summed E-state index contributed by atoms with van der Waals surface area (Å²) >= 11 is 0. The molecule has 4 nitrogen and oxygen atoms in total. The summed E-state index contributed by atoms with van der Waals surface area (Å²) in [5.74, 6) is -1.23. The fraction of sp³-hybridized carbons (Fsp3) is 1.00. The van der Waals surface area contributed by atoms with Crippen molar-refractivity contribution < 1.29 is 14.6 Å². The lowest BCUT2D eigenvalue weighted by Crippen LogP contribution is -2.55. The number of nitrogens with zero attached hydrogens (tertiary/aromatic N) is 1. The number of rotatable bonds is 32. The molecule has 0 radical (unpaired) electrons. The van der Waals surface area contributed by atoms with Crippen molar-refractivity contribution in [2.45, 2.75) is 193 Å². The molecule has 4 heteroatoms. The SMILES string of the molecule is CCCCCCCCCCCCCCOCC(O)(OCCCCCCCCCCCCCC)C(CC)N(C)C. The third-order valence-corrected chi connectivity index (χ3v) is 8.33. The molecule has 0 amide bonds. The maximum atomic E-state index is 11.4. The summed E-state index contributed by atoms with van der Waals surface area (Å²) in [6.07, 6.45) is 32.9. The lowest BCUT2D eigenvalue weighted by Gasteiger charge is -2.39. The van der Waals surface area contributed by atoms with E-state index < -0.39 is 5.79 Å². The van der Waals surface area contributed by atoms with Crippen LogP contribution in [0, 0.1) is 0 Å². The molecule has 1 N–H and O–H groups in total. The van der Waals surface area contributed by atoms with Crippen molar-refractivity contribution in [1.29, 1.82) is 0 Å². The van der Waals surface area contributed by atoms with Gasteiger partial charge in [-0.2, -0.15) is 0 Å². The molecule has 0 bridgehead atoms. The highest BCUT2D eigenvalue weighted by Gasteiger charge is 2.38. The van der Waals surface area contributed by atoms with Gasteiger partial charge in [-0.25, -0.2) is 0 Å². The van der Waals surface area contributed by atoms with Gasteiger partial charge in [0.1, 0.15) is 6.61 Å². The number of likely N-dealkylation sites (N-methyl/N-ethyl adjacent to an activating group) is 1. The fourth-order valence-electron chi connectivity index (χ4n) is 5.78. The molecule has 0 fully saturated rings. The molecule has 0 aromatic heterocycles. The standard InChI is InChI=1S/C35H73NO3/c1-6-9-11-13-15-17-19-21-23-25-27-29-31-38-33-35(37,34(8-3)36(4)5)39-32-30-28-26-24-22-20-18-16-14-12-10-7-2/h34,37H,6-33H2,1-5H3. The van der Waals surface area contributed by atoms with E-state index in [1.165, 1.54) is 141 Å². The van der Waals surface area contributed by atoms with Crippen molar-refractivity contribution >= 4 is 0 Å². The zero-order chi connectivity index (χ0) is 28.9. The van der Waals surface area contributed by atoms with Gasteiger partial charge in [0.25, 0.3) is 0 Å². The third-order valence-electron chi connectivity index (χ3n) is 8.33. The molecule has 2 unspecified atom stereocenters. The van der Waals surface area contributed by atoms with Crippen LogP contribution in [0.2, 0.25) is 0 Å². The molecule has 0 aliphatic heterocycles. The van der Waals surface area contributed by atoms with Crippen LogP contribution in [0.5, 0.6) is 0 Å². The minimum Gasteiger partial charge on any atom is -0.376 e. The molecule has 0 aliphatic rings. The second kappa shape index (κ2) is 29.3. The lowest BCUT2D eigenvalue weighted by molar-refractivity contribution is -0.262. The molecule has 0 saturated heterocycles. The van der Waals surface area contributed by atoms with Crippen LogP contribution in [0.1, 0.15) is 181 Å². The third kappa shape index (κ3) is 24.2. The molecule has 236 valence electrons. The van der Waals surface area contributed by atoms with E-state index >= 15 is 0 Å². The number of ether oxygens (including phenoxy) is 2. The first kappa shape index (κ1) is 38.8. The Kier molecular flexibility index (Phi) is 29.2. The molecule has 2 atom stereocenters. The Morgan fingerprint density at radius 3 is 1.18 bits per heavy atom. The van der Waals surface area contributed by atoms with E-state index in [0.717, 1.165) is 19.3 Å². The molecule has 39 heavy (non-hydrogen) atoms. The molecule has 0 aliphatic carbocycles. The van der Waals surface area contributed by atoms with Gasteiger partial charge in [-0.05, 0) is 33.4 Å². The van der Waals surface area contributed by atoms with Crippen molar-refractivity contribution in [1.82, 2.24) is 4.90 Å². The average molecular weight is 556 g/mol. The Labute approximate surface area is 246 Å². The summed E-state index contributed by atoms with van der Waals surface area (Å²) < 4.78 is 12.1. The van der Waals surface area contributed by atoms with Crippen LogP contribution < -0.4 is 0 Å².